The van der Waals surface area contributed by atoms with Gasteiger partial charge in [0.15, 0.2) is 0 Å². The summed E-state index contributed by atoms with van der Waals surface area (Å²) >= 11 is 11.6. The van der Waals surface area contributed by atoms with Crippen LogP contribution in [-0.4, -0.2) is 30.8 Å². The van der Waals surface area contributed by atoms with Gasteiger partial charge in [-0.05, 0) is 55.0 Å². The third-order valence-corrected chi connectivity index (χ3v) is 4.28. The lowest BCUT2D eigenvalue weighted by Gasteiger charge is -2.08. The van der Waals surface area contributed by atoms with Crippen molar-refractivity contribution in [2.24, 2.45) is 0 Å². The van der Waals surface area contributed by atoms with E-state index in [2.05, 4.69) is 16.0 Å². The van der Waals surface area contributed by atoms with Gasteiger partial charge in [-0.15, -0.1) is 0 Å². The van der Waals surface area contributed by atoms with E-state index >= 15 is 0 Å². The van der Waals surface area contributed by atoms with E-state index in [0.29, 0.717) is 34.3 Å². The summed E-state index contributed by atoms with van der Waals surface area (Å²) in [6, 6.07) is 13.3. The molecule has 0 heterocycles. The fourth-order valence-corrected chi connectivity index (χ4v) is 2.57. The molecule has 8 heteroatoms. The normalized spacial score (nSPS) is 10.2. The zero-order valence-corrected chi connectivity index (χ0v) is 16.6. The van der Waals surface area contributed by atoms with Crippen molar-refractivity contribution >= 4 is 46.6 Å². The van der Waals surface area contributed by atoms with Crippen molar-refractivity contribution in [3.63, 3.8) is 0 Å². The minimum Gasteiger partial charge on any atom is -0.356 e. The van der Waals surface area contributed by atoms with Crippen LogP contribution in [0, 0.1) is 0 Å². The van der Waals surface area contributed by atoms with Crippen molar-refractivity contribution in [3.8, 4) is 0 Å². The van der Waals surface area contributed by atoms with Gasteiger partial charge in [-0.25, -0.2) is 0 Å². The zero-order valence-electron chi connectivity index (χ0n) is 15.1. The molecule has 28 heavy (non-hydrogen) atoms. The molecule has 0 aromatic heterocycles. The van der Waals surface area contributed by atoms with E-state index in [1.54, 1.807) is 48.5 Å². The molecule has 2 rings (SSSR count). The van der Waals surface area contributed by atoms with Gasteiger partial charge in [-0.1, -0.05) is 23.2 Å². The van der Waals surface area contributed by atoms with Crippen LogP contribution in [0.25, 0.3) is 0 Å². The van der Waals surface area contributed by atoms with Gasteiger partial charge in [0, 0.05) is 47.2 Å². The van der Waals surface area contributed by atoms with E-state index in [1.807, 2.05) is 0 Å². The van der Waals surface area contributed by atoms with E-state index < -0.39 is 0 Å². The summed E-state index contributed by atoms with van der Waals surface area (Å²) in [4.78, 5) is 35.5. The van der Waals surface area contributed by atoms with Gasteiger partial charge in [-0.3, -0.25) is 14.4 Å². The maximum atomic E-state index is 11.9. The van der Waals surface area contributed by atoms with Crippen LogP contribution in [0.1, 0.15) is 29.6 Å². The van der Waals surface area contributed by atoms with Gasteiger partial charge >= 0.3 is 0 Å². The van der Waals surface area contributed by atoms with Crippen molar-refractivity contribution in [3.05, 3.63) is 64.1 Å². The Morgan fingerprint density at radius 1 is 0.714 bits per heavy atom. The van der Waals surface area contributed by atoms with Gasteiger partial charge in [0.05, 0.1) is 0 Å². The second kappa shape index (κ2) is 11.3. The Balaban J connectivity index is 1.56. The third kappa shape index (κ3) is 7.98. The molecule has 2 aromatic rings. The molecule has 0 radical (unpaired) electrons. The predicted molar refractivity (Wildman–Crippen MR) is 111 cm³/mol. The highest BCUT2D eigenvalue weighted by Crippen LogP contribution is 2.13. The molecule has 3 N–H and O–H groups in total. The zero-order chi connectivity index (χ0) is 20.4. The molecule has 0 aliphatic rings. The summed E-state index contributed by atoms with van der Waals surface area (Å²) in [7, 11) is 0. The number of benzene rings is 2. The summed E-state index contributed by atoms with van der Waals surface area (Å²) in [6.07, 6.45) is 0.967. The Morgan fingerprint density at radius 2 is 1.32 bits per heavy atom. The van der Waals surface area contributed by atoms with E-state index in [-0.39, 0.29) is 37.1 Å². The molecular weight excluding hydrogens is 401 g/mol. The maximum Gasteiger partial charge on any atom is 0.251 e. The summed E-state index contributed by atoms with van der Waals surface area (Å²) in [5.41, 5.74) is 1.16. The molecule has 0 aliphatic heterocycles. The first-order valence-corrected chi connectivity index (χ1v) is 9.55. The number of halogens is 2. The van der Waals surface area contributed by atoms with Crippen molar-refractivity contribution in [2.45, 2.75) is 19.3 Å². The Morgan fingerprint density at radius 3 is 1.96 bits per heavy atom. The molecule has 0 aliphatic carbocycles. The largest absolute Gasteiger partial charge is 0.356 e. The van der Waals surface area contributed by atoms with E-state index in [4.69, 9.17) is 23.2 Å². The Labute approximate surface area is 173 Å². The number of amides is 3. The van der Waals surface area contributed by atoms with Gasteiger partial charge < -0.3 is 16.0 Å². The highest BCUT2D eigenvalue weighted by Gasteiger charge is 2.07. The average molecular weight is 422 g/mol. The van der Waals surface area contributed by atoms with Crippen molar-refractivity contribution < 1.29 is 14.4 Å². The maximum absolute atomic E-state index is 11.9. The van der Waals surface area contributed by atoms with Crippen LogP contribution in [-0.2, 0) is 9.59 Å². The monoisotopic (exact) mass is 421 g/mol. The molecular formula is C20H21Cl2N3O3. The van der Waals surface area contributed by atoms with E-state index in [0.717, 1.165) is 0 Å². The number of hydrogen-bond acceptors (Lipinski definition) is 3. The van der Waals surface area contributed by atoms with Crippen LogP contribution in [0.2, 0.25) is 10.0 Å². The molecule has 3 amide bonds. The molecule has 0 bridgehead atoms. The smallest absolute Gasteiger partial charge is 0.251 e. The highest BCUT2D eigenvalue weighted by molar-refractivity contribution is 6.31. The minimum atomic E-state index is -0.261. The van der Waals surface area contributed by atoms with Crippen molar-refractivity contribution in [1.82, 2.24) is 10.6 Å². The molecule has 0 saturated heterocycles. The van der Waals surface area contributed by atoms with E-state index in [1.165, 1.54) is 0 Å². The molecule has 0 saturated carbocycles. The Kier molecular flexibility index (Phi) is 8.78. The quantitative estimate of drug-likeness (QED) is 0.539. The standard InChI is InChI=1S/C20H21Cl2N3O3/c21-15-5-3-14(4-6-15)20(28)24-13-11-18(26)23-12-1-2-19(27)25-17-9-7-16(22)8-10-17/h3-10H,1-2,11-13H2,(H,23,26)(H,24,28)(H,25,27). The van der Waals surface area contributed by atoms with Crippen LogP contribution >= 0.6 is 23.2 Å². The summed E-state index contributed by atoms with van der Waals surface area (Å²) < 4.78 is 0. The van der Waals surface area contributed by atoms with Crippen molar-refractivity contribution in [2.75, 3.05) is 18.4 Å². The second-order valence-corrected chi connectivity index (χ2v) is 6.89. The number of anilines is 1. The number of nitrogens with one attached hydrogen (secondary N) is 3. The first-order chi connectivity index (χ1) is 13.4. The SMILES string of the molecule is O=C(CCNC(=O)c1ccc(Cl)cc1)NCCCC(=O)Nc1ccc(Cl)cc1. The molecule has 0 fully saturated rings. The average Bonchev–Trinajstić information content (AvgIpc) is 2.67. The first-order valence-electron chi connectivity index (χ1n) is 8.80. The van der Waals surface area contributed by atoms with Crippen molar-refractivity contribution in [1.29, 1.82) is 0 Å². The van der Waals surface area contributed by atoms with Gasteiger partial charge in [0.2, 0.25) is 11.8 Å². The van der Waals surface area contributed by atoms with Crippen LogP contribution in [0.15, 0.2) is 48.5 Å². The molecule has 0 unspecified atom stereocenters. The summed E-state index contributed by atoms with van der Waals surface area (Å²) in [5, 5.41) is 9.31. The molecule has 2 aromatic carbocycles. The lowest BCUT2D eigenvalue weighted by atomic mass is 10.2. The fourth-order valence-electron chi connectivity index (χ4n) is 2.31. The van der Waals surface area contributed by atoms with Gasteiger partial charge in [0.1, 0.15) is 0 Å². The van der Waals surface area contributed by atoms with Gasteiger partial charge in [0.25, 0.3) is 5.91 Å². The lowest BCUT2D eigenvalue weighted by molar-refractivity contribution is -0.121. The number of carbonyl (C=O) groups excluding carboxylic acids is 3. The van der Waals surface area contributed by atoms with Crippen LogP contribution in [0.5, 0.6) is 0 Å². The molecule has 148 valence electrons. The molecule has 0 spiro atoms. The van der Waals surface area contributed by atoms with Crippen LogP contribution in [0.4, 0.5) is 5.69 Å². The minimum absolute atomic E-state index is 0.133. The number of hydrogen-bond donors (Lipinski definition) is 3. The van der Waals surface area contributed by atoms with E-state index in [9.17, 15) is 14.4 Å². The third-order valence-electron chi connectivity index (χ3n) is 3.77. The first kappa shape index (κ1) is 21.7. The summed E-state index contributed by atoms with van der Waals surface area (Å²) in [5.74, 6) is -0.579. The van der Waals surface area contributed by atoms with Crippen LogP contribution in [0.3, 0.4) is 0 Å². The summed E-state index contributed by atoms with van der Waals surface area (Å²) in [6.45, 7) is 0.613. The topological polar surface area (TPSA) is 87.3 Å². The fraction of sp³-hybridized carbons (Fsp3) is 0.250. The molecule has 6 nitrogen and oxygen atoms in total. The lowest BCUT2D eigenvalue weighted by Crippen LogP contribution is -2.31. The highest BCUT2D eigenvalue weighted by atomic mass is 35.5. The molecule has 0 atom stereocenters. The predicted octanol–water partition coefficient (Wildman–Crippen LogP) is 3.65. The number of carbonyl (C=O) groups is 3. The van der Waals surface area contributed by atoms with Gasteiger partial charge in [-0.2, -0.15) is 0 Å². The second-order valence-electron chi connectivity index (χ2n) is 6.02. The Bertz CT molecular complexity index is 808. The van der Waals surface area contributed by atoms with Crippen LogP contribution < -0.4 is 16.0 Å². The number of rotatable bonds is 9. The Hall–Kier alpha value is -2.57.